The number of carbonyl (C=O) groups excluding carboxylic acids is 2. The molecule has 3 heterocycles. The molecule has 0 aromatic carbocycles. The number of hydrogen-bond donors (Lipinski definition) is 1. The number of amides is 1. The van der Waals surface area contributed by atoms with E-state index in [1.54, 1.807) is 39.8 Å². The lowest BCUT2D eigenvalue weighted by Crippen LogP contribution is -2.22. The second-order valence-corrected chi connectivity index (χ2v) is 7.15. The van der Waals surface area contributed by atoms with Gasteiger partial charge in [0.25, 0.3) is 5.91 Å². The second kappa shape index (κ2) is 7.28. The number of carbonyl (C=O) groups is 2. The van der Waals surface area contributed by atoms with E-state index in [0.29, 0.717) is 30.2 Å². The highest BCUT2D eigenvalue weighted by Gasteiger charge is 2.14. The van der Waals surface area contributed by atoms with Gasteiger partial charge in [-0.15, -0.1) is 5.10 Å². The zero-order valence-electron chi connectivity index (χ0n) is 15.8. The van der Waals surface area contributed by atoms with Crippen LogP contribution in [0.1, 0.15) is 48.7 Å². The average molecular weight is 370 g/mol. The van der Waals surface area contributed by atoms with E-state index in [2.05, 4.69) is 20.6 Å². The zero-order valence-corrected chi connectivity index (χ0v) is 15.8. The van der Waals surface area contributed by atoms with Crippen LogP contribution in [0.4, 0.5) is 5.69 Å². The van der Waals surface area contributed by atoms with Crippen molar-refractivity contribution in [2.24, 2.45) is 0 Å². The first kappa shape index (κ1) is 18.7. The lowest BCUT2D eigenvalue weighted by Gasteiger charge is -2.19. The van der Waals surface area contributed by atoms with Crippen LogP contribution in [-0.2, 0) is 11.3 Å². The van der Waals surface area contributed by atoms with Gasteiger partial charge in [0.15, 0.2) is 11.5 Å². The Bertz CT molecular complexity index is 983. The molecule has 0 aliphatic heterocycles. The van der Waals surface area contributed by atoms with E-state index in [0.717, 1.165) is 0 Å². The number of nitrogens with zero attached hydrogens (tertiary/aromatic N) is 5. The summed E-state index contributed by atoms with van der Waals surface area (Å²) in [4.78, 5) is 28.0. The molecule has 0 unspecified atom stereocenters. The highest BCUT2D eigenvalue weighted by molar-refractivity contribution is 6.02. The van der Waals surface area contributed by atoms with Crippen molar-refractivity contribution in [2.75, 3.05) is 11.9 Å². The van der Waals surface area contributed by atoms with Crippen LogP contribution < -0.4 is 5.32 Å². The lowest BCUT2D eigenvalue weighted by molar-refractivity contribution is -0.00806. The number of pyridine rings is 1. The predicted molar refractivity (Wildman–Crippen MR) is 98.9 cm³/mol. The Labute approximate surface area is 156 Å². The van der Waals surface area contributed by atoms with Crippen LogP contribution in [0, 0.1) is 0 Å². The number of aromatic nitrogens is 5. The number of rotatable bonds is 6. The zero-order chi connectivity index (χ0) is 19.6. The third kappa shape index (κ3) is 4.76. The van der Waals surface area contributed by atoms with E-state index in [4.69, 9.17) is 4.74 Å². The first-order chi connectivity index (χ1) is 12.7. The van der Waals surface area contributed by atoms with Gasteiger partial charge in [-0.3, -0.25) is 9.59 Å². The summed E-state index contributed by atoms with van der Waals surface area (Å²) in [6.45, 7) is 8.37. The van der Waals surface area contributed by atoms with E-state index in [1.807, 2.05) is 20.8 Å². The summed E-state index contributed by atoms with van der Waals surface area (Å²) in [7, 11) is 0. The Kier molecular flexibility index (Phi) is 5.04. The minimum absolute atomic E-state index is 0.115. The number of ketones is 1. The maximum absolute atomic E-state index is 12.4. The monoisotopic (exact) mass is 370 g/mol. The smallest absolute Gasteiger partial charge is 0.277 e. The molecule has 0 bridgehead atoms. The first-order valence-corrected chi connectivity index (χ1v) is 8.56. The summed E-state index contributed by atoms with van der Waals surface area (Å²) in [6, 6.07) is 3.44. The van der Waals surface area contributed by atoms with Crippen molar-refractivity contribution < 1.29 is 14.3 Å². The van der Waals surface area contributed by atoms with Crippen LogP contribution in [0.2, 0.25) is 0 Å². The average Bonchev–Trinajstić information content (AvgIpc) is 3.20. The van der Waals surface area contributed by atoms with Crippen molar-refractivity contribution in [1.29, 1.82) is 0 Å². The predicted octanol–water partition coefficient (Wildman–Crippen LogP) is 2.20. The molecular formula is C18H22N6O3. The van der Waals surface area contributed by atoms with E-state index >= 15 is 0 Å². The van der Waals surface area contributed by atoms with Gasteiger partial charge >= 0.3 is 0 Å². The maximum atomic E-state index is 12.4. The van der Waals surface area contributed by atoms with Crippen molar-refractivity contribution in [2.45, 2.75) is 39.8 Å². The first-order valence-electron chi connectivity index (χ1n) is 8.56. The van der Waals surface area contributed by atoms with Gasteiger partial charge in [0.2, 0.25) is 0 Å². The Morgan fingerprint density at radius 2 is 1.93 bits per heavy atom. The molecule has 0 aliphatic carbocycles. The van der Waals surface area contributed by atoms with E-state index < -0.39 is 0 Å². The summed E-state index contributed by atoms with van der Waals surface area (Å²) in [6.07, 6.45) is 4.89. The van der Waals surface area contributed by atoms with Crippen LogP contribution in [0.3, 0.4) is 0 Å². The van der Waals surface area contributed by atoms with Crippen LogP contribution in [-0.4, -0.2) is 48.3 Å². The molecule has 0 saturated heterocycles. The normalized spacial score (nSPS) is 11.7. The number of ether oxygens (including phenoxy) is 1. The number of anilines is 1. The number of imidazole rings is 1. The van der Waals surface area contributed by atoms with Crippen molar-refractivity contribution in [3.05, 3.63) is 42.1 Å². The fourth-order valence-electron chi connectivity index (χ4n) is 2.39. The molecule has 0 radical (unpaired) electrons. The van der Waals surface area contributed by atoms with Crippen LogP contribution in [0.25, 0.3) is 5.65 Å². The fraction of sp³-hybridized carbons (Fsp3) is 0.389. The summed E-state index contributed by atoms with van der Waals surface area (Å²) < 4.78 is 8.89. The van der Waals surface area contributed by atoms with Crippen molar-refractivity contribution in [3.63, 3.8) is 0 Å². The molecular weight excluding hydrogens is 348 g/mol. The molecule has 3 aromatic heterocycles. The summed E-state index contributed by atoms with van der Waals surface area (Å²) in [5, 5.41) is 10.6. The number of fused-ring (bicyclic) bond motifs is 1. The minimum atomic E-state index is -0.371. The van der Waals surface area contributed by atoms with Gasteiger partial charge in [0, 0.05) is 19.3 Å². The molecule has 0 fully saturated rings. The third-order valence-electron chi connectivity index (χ3n) is 3.70. The van der Waals surface area contributed by atoms with Crippen LogP contribution in [0.15, 0.2) is 30.7 Å². The van der Waals surface area contributed by atoms with Gasteiger partial charge < -0.3 is 14.5 Å². The van der Waals surface area contributed by atoms with Gasteiger partial charge in [-0.05, 0) is 32.9 Å². The third-order valence-corrected chi connectivity index (χ3v) is 3.70. The molecule has 27 heavy (non-hydrogen) atoms. The highest BCUT2D eigenvalue weighted by atomic mass is 16.5. The van der Waals surface area contributed by atoms with Gasteiger partial charge in [-0.25, -0.2) is 9.67 Å². The van der Waals surface area contributed by atoms with E-state index in [1.165, 1.54) is 6.92 Å². The number of Topliss-reactive ketones (excluding diaryl/α,β-unsaturated/α-hetero) is 1. The standard InChI is InChI=1S/C18H22N6O3/c1-12(25)14-10-23-9-13(5-6-16(23)20-14)19-17(26)15-11-24(22-21-15)7-8-27-18(2,3)4/h5-6,9-11H,7-8H2,1-4H3,(H,19,26). The summed E-state index contributed by atoms with van der Waals surface area (Å²) in [5.41, 5.74) is 1.54. The molecule has 142 valence electrons. The minimum Gasteiger partial charge on any atom is -0.374 e. The van der Waals surface area contributed by atoms with Crippen molar-refractivity contribution >= 4 is 23.0 Å². The van der Waals surface area contributed by atoms with Gasteiger partial charge in [-0.2, -0.15) is 0 Å². The molecule has 3 aromatic rings. The Morgan fingerprint density at radius 1 is 1.15 bits per heavy atom. The van der Waals surface area contributed by atoms with E-state index in [-0.39, 0.29) is 23.0 Å². The highest BCUT2D eigenvalue weighted by Crippen LogP contribution is 2.13. The molecule has 0 saturated carbocycles. The van der Waals surface area contributed by atoms with Crippen LogP contribution >= 0.6 is 0 Å². The van der Waals surface area contributed by atoms with Gasteiger partial charge in [0.1, 0.15) is 11.3 Å². The van der Waals surface area contributed by atoms with Crippen LogP contribution in [0.5, 0.6) is 0 Å². The topological polar surface area (TPSA) is 103 Å². The molecule has 3 rings (SSSR count). The Morgan fingerprint density at radius 3 is 2.63 bits per heavy atom. The van der Waals surface area contributed by atoms with Crippen molar-refractivity contribution in [1.82, 2.24) is 24.4 Å². The van der Waals surface area contributed by atoms with E-state index in [9.17, 15) is 9.59 Å². The van der Waals surface area contributed by atoms with Gasteiger partial charge in [-0.1, -0.05) is 5.21 Å². The Hall–Kier alpha value is -3.07. The molecule has 1 amide bonds. The molecule has 0 atom stereocenters. The molecule has 0 aliphatic rings. The quantitative estimate of drug-likeness (QED) is 0.667. The summed E-state index contributed by atoms with van der Waals surface area (Å²) >= 11 is 0. The number of nitrogens with one attached hydrogen (secondary N) is 1. The maximum Gasteiger partial charge on any atom is 0.277 e. The second-order valence-electron chi connectivity index (χ2n) is 7.15. The largest absolute Gasteiger partial charge is 0.374 e. The fourth-order valence-corrected chi connectivity index (χ4v) is 2.39. The van der Waals surface area contributed by atoms with Gasteiger partial charge in [0.05, 0.1) is 30.6 Å². The lowest BCUT2D eigenvalue weighted by atomic mass is 10.2. The molecule has 9 heteroatoms. The Balaban J connectivity index is 1.65. The molecule has 1 N–H and O–H groups in total. The van der Waals surface area contributed by atoms with Crippen molar-refractivity contribution in [3.8, 4) is 0 Å². The number of hydrogen-bond acceptors (Lipinski definition) is 6. The molecule has 9 nitrogen and oxygen atoms in total. The summed E-state index contributed by atoms with van der Waals surface area (Å²) in [5.74, 6) is -0.486. The SMILES string of the molecule is CC(=O)c1cn2cc(NC(=O)c3cn(CCOC(C)(C)C)nn3)ccc2n1. The molecule has 0 spiro atoms.